The van der Waals surface area contributed by atoms with Crippen molar-refractivity contribution >= 4 is 26.0 Å². The molecule has 0 spiro atoms. The van der Waals surface area contributed by atoms with Crippen LogP contribution in [-0.2, 0) is 14.8 Å². The molecule has 0 aromatic carbocycles. The van der Waals surface area contributed by atoms with E-state index >= 15 is 0 Å². The fraction of sp³-hybridized carbons (Fsp3) is 1.00. The molecule has 18 heavy (non-hydrogen) atoms. The van der Waals surface area contributed by atoms with Gasteiger partial charge in [0.2, 0.25) is 10.0 Å². The number of halogens is 1. The fourth-order valence-electron chi connectivity index (χ4n) is 2.08. The minimum Gasteiger partial charge on any atom is -0.377 e. The molecule has 1 N–H and O–H groups in total. The molecular formula is C12H24BrNO3S. The third-order valence-corrected chi connectivity index (χ3v) is 6.46. The lowest BCUT2D eigenvalue weighted by Gasteiger charge is -2.29. The largest absolute Gasteiger partial charge is 0.377 e. The summed E-state index contributed by atoms with van der Waals surface area (Å²) in [5.41, 5.74) is 0.0175. The molecular weight excluding hydrogens is 318 g/mol. The molecule has 0 radical (unpaired) electrons. The van der Waals surface area contributed by atoms with E-state index in [4.69, 9.17) is 4.74 Å². The molecule has 1 heterocycles. The number of nitrogens with one attached hydrogen (secondary N) is 1. The van der Waals surface area contributed by atoms with Gasteiger partial charge in [0.05, 0.1) is 11.9 Å². The van der Waals surface area contributed by atoms with Crippen molar-refractivity contribution in [1.82, 2.24) is 4.72 Å². The van der Waals surface area contributed by atoms with E-state index in [1.165, 1.54) is 0 Å². The molecule has 1 unspecified atom stereocenters. The average Bonchev–Trinajstić information content (AvgIpc) is 2.83. The third kappa shape index (κ3) is 4.79. The summed E-state index contributed by atoms with van der Waals surface area (Å²) in [5, 5.41) is 0.815. The highest BCUT2D eigenvalue weighted by molar-refractivity contribution is 9.09. The van der Waals surface area contributed by atoms with Gasteiger partial charge in [-0.05, 0) is 31.1 Å². The number of hydrogen-bond acceptors (Lipinski definition) is 3. The van der Waals surface area contributed by atoms with E-state index in [0.717, 1.165) is 31.0 Å². The summed E-state index contributed by atoms with van der Waals surface area (Å²) in [7, 11) is -3.22. The summed E-state index contributed by atoms with van der Waals surface area (Å²) in [6.07, 6.45) is 3.61. The molecule has 1 aliphatic rings. The molecule has 0 aromatic heterocycles. The normalized spacial score (nSPS) is 21.4. The Bertz CT molecular complexity index is 327. The van der Waals surface area contributed by atoms with Gasteiger partial charge in [0.25, 0.3) is 0 Å². The molecule has 1 rings (SSSR count). The lowest BCUT2D eigenvalue weighted by Crippen LogP contribution is -2.40. The standard InChI is InChI=1S/C12H24BrNO3S/c1-3-12(4-2,9-13)10-14-18(15,16)8-11-6-5-7-17-11/h11,14H,3-10H2,1-2H3. The summed E-state index contributed by atoms with van der Waals surface area (Å²) in [5.74, 6) is 0.0960. The number of alkyl halides is 1. The predicted octanol–water partition coefficient (Wildman–Crippen LogP) is 2.29. The second-order valence-electron chi connectivity index (χ2n) is 5.08. The zero-order chi connectivity index (χ0) is 13.6. The Labute approximate surface area is 119 Å². The lowest BCUT2D eigenvalue weighted by molar-refractivity contribution is 0.127. The lowest BCUT2D eigenvalue weighted by atomic mass is 9.85. The Balaban J connectivity index is 2.49. The Hall–Kier alpha value is 0.350. The van der Waals surface area contributed by atoms with Crippen molar-refractivity contribution in [1.29, 1.82) is 0 Å². The van der Waals surface area contributed by atoms with E-state index in [9.17, 15) is 8.42 Å². The van der Waals surface area contributed by atoms with Gasteiger partial charge in [0.15, 0.2) is 0 Å². The first kappa shape index (κ1) is 16.4. The molecule has 0 bridgehead atoms. The van der Waals surface area contributed by atoms with Crippen molar-refractivity contribution in [3.05, 3.63) is 0 Å². The van der Waals surface area contributed by atoms with E-state index in [-0.39, 0.29) is 17.3 Å². The molecule has 108 valence electrons. The van der Waals surface area contributed by atoms with Crippen LogP contribution in [0.15, 0.2) is 0 Å². The Morgan fingerprint density at radius 2 is 2.06 bits per heavy atom. The molecule has 6 heteroatoms. The first-order chi connectivity index (χ1) is 8.47. The van der Waals surface area contributed by atoms with Gasteiger partial charge in [-0.2, -0.15) is 0 Å². The SMILES string of the molecule is CCC(CC)(CBr)CNS(=O)(=O)CC1CCCO1. The van der Waals surface area contributed by atoms with E-state index in [0.29, 0.717) is 13.2 Å². The minimum atomic E-state index is -3.22. The van der Waals surface area contributed by atoms with Gasteiger partial charge in [-0.1, -0.05) is 29.8 Å². The van der Waals surface area contributed by atoms with Crippen LogP contribution < -0.4 is 4.72 Å². The van der Waals surface area contributed by atoms with Crippen LogP contribution in [0, 0.1) is 5.41 Å². The number of rotatable bonds is 8. The zero-order valence-electron chi connectivity index (χ0n) is 11.2. The highest BCUT2D eigenvalue weighted by Crippen LogP contribution is 2.28. The first-order valence-electron chi connectivity index (χ1n) is 6.62. The maximum Gasteiger partial charge on any atom is 0.214 e. The van der Waals surface area contributed by atoms with Gasteiger partial charge in [-0.3, -0.25) is 0 Å². The Morgan fingerprint density at radius 3 is 2.50 bits per heavy atom. The maximum absolute atomic E-state index is 12.0. The molecule has 0 aromatic rings. The molecule has 1 atom stereocenters. The van der Waals surface area contributed by atoms with Crippen LogP contribution in [0.3, 0.4) is 0 Å². The molecule has 1 fully saturated rings. The van der Waals surface area contributed by atoms with Crippen LogP contribution in [0.25, 0.3) is 0 Å². The third-order valence-electron chi connectivity index (χ3n) is 3.88. The van der Waals surface area contributed by atoms with Crippen molar-refractivity contribution in [3.63, 3.8) is 0 Å². The Morgan fingerprint density at radius 1 is 1.39 bits per heavy atom. The van der Waals surface area contributed by atoms with Crippen molar-refractivity contribution in [2.45, 2.75) is 45.6 Å². The maximum atomic E-state index is 12.0. The van der Waals surface area contributed by atoms with Gasteiger partial charge in [-0.25, -0.2) is 13.1 Å². The van der Waals surface area contributed by atoms with Gasteiger partial charge < -0.3 is 4.74 Å². The smallest absolute Gasteiger partial charge is 0.214 e. The summed E-state index contributed by atoms with van der Waals surface area (Å²) < 4.78 is 32.1. The van der Waals surface area contributed by atoms with E-state index < -0.39 is 10.0 Å². The number of sulfonamides is 1. The fourth-order valence-corrected chi connectivity index (χ4v) is 4.47. The molecule has 0 aliphatic carbocycles. The first-order valence-corrected chi connectivity index (χ1v) is 9.39. The predicted molar refractivity (Wildman–Crippen MR) is 77.6 cm³/mol. The summed E-state index contributed by atoms with van der Waals surface area (Å²) in [6.45, 7) is 5.38. The average molecular weight is 342 g/mol. The highest BCUT2D eigenvalue weighted by atomic mass is 79.9. The zero-order valence-corrected chi connectivity index (χ0v) is 13.6. The van der Waals surface area contributed by atoms with Gasteiger partial charge in [0.1, 0.15) is 0 Å². The number of hydrogen-bond donors (Lipinski definition) is 1. The molecule has 4 nitrogen and oxygen atoms in total. The van der Waals surface area contributed by atoms with Crippen molar-refractivity contribution < 1.29 is 13.2 Å². The molecule has 0 saturated carbocycles. The highest BCUT2D eigenvalue weighted by Gasteiger charge is 2.29. The van der Waals surface area contributed by atoms with Crippen molar-refractivity contribution in [2.75, 3.05) is 24.2 Å². The van der Waals surface area contributed by atoms with Crippen LogP contribution in [-0.4, -0.2) is 38.8 Å². The van der Waals surface area contributed by atoms with E-state index in [1.807, 2.05) is 0 Å². The van der Waals surface area contributed by atoms with Crippen LogP contribution in [0.5, 0.6) is 0 Å². The monoisotopic (exact) mass is 341 g/mol. The van der Waals surface area contributed by atoms with Crippen LogP contribution >= 0.6 is 15.9 Å². The Kier molecular flexibility index (Phi) is 6.58. The van der Waals surface area contributed by atoms with Crippen LogP contribution in [0.4, 0.5) is 0 Å². The van der Waals surface area contributed by atoms with Crippen molar-refractivity contribution in [3.8, 4) is 0 Å². The second-order valence-corrected chi connectivity index (χ2v) is 7.49. The summed E-state index contributed by atoms with van der Waals surface area (Å²) in [4.78, 5) is 0. The van der Waals surface area contributed by atoms with Gasteiger partial charge >= 0.3 is 0 Å². The van der Waals surface area contributed by atoms with E-state index in [1.54, 1.807) is 0 Å². The van der Waals surface area contributed by atoms with Crippen molar-refractivity contribution in [2.24, 2.45) is 5.41 Å². The molecule has 0 amide bonds. The van der Waals surface area contributed by atoms with Gasteiger partial charge in [0, 0.05) is 18.5 Å². The molecule has 1 aliphatic heterocycles. The second kappa shape index (κ2) is 7.22. The minimum absolute atomic E-state index is 0.0175. The van der Waals surface area contributed by atoms with Gasteiger partial charge in [-0.15, -0.1) is 0 Å². The topological polar surface area (TPSA) is 55.4 Å². The quantitative estimate of drug-likeness (QED) is 0.689. The van der Waals surface area contributed by atoms with Crippen LogP contribution in [0.2, 0.25) is 0 Å². The van der Waals surface area contributed by atoms with E-state index in [2.05, 4.69) is 34.5 Å². The summed E-state index contributed by atoms with van der Waals surface area (Å²) in [6, 6.07) is 0. The summed E-state index contributed by atoms with van der Waals surface area (Å²) >= 11 is 3.49. The van der Waals surface area contributed by atoms with Crippen LogP contribution in [0.1, 0.15) is 39.5 Å². The number of ether oxygens (including phenoxy) is 1. The molecule has 1 saturated heterocycles.